The fourth-order valence-corrected chi connectivity index (χ4v) is 27.8. The summed E-state index contributed by atoms with van der Waals surface area (Å²) in [6.07, 6.45) is 0. The number of aromatic nitrogens is 7. The summed E-state index contributed by atoms with van der Waals surface area (Å²) in [5, 5.41) is 48.5. The highest BCUT2D eigenvalue weighted by molar-refractivity contribution is 6.45. The minimum Gasteiger partial charge on any atom is -0.456 e. The first-order valence-corrected chi connectivity index (χ1v) is 51.5. The van der Waals surface area contributed by atoms with Crippen LogP contribution in [0.4, 0.5) is 0 Å². The molecule has 0 aliphatic heterocycles. The molecule has 12 aromatic heterocycles. The molecule has 0 radical (unpaired) electrons. The summed E-state index contributed by atoms with van der Waals surface area (Å²) in [5.74, 6) is 0. The highest BCUT2D eigenvalue weighted by atomic mass is 16.3. The molecule has 0 spiro atoms. The number of furan rings is 2. The molecule has 38 rings (SSSR count). The van der Waals surface area contributed by atoms with Crippen LogP contribution in [-0.2, 0) is 0 Å². The lowest BCUT2D eigenvalue weighted by Crippen LogP contribution is -1.94. The molecular weight excluding hydrogens is 1810 g/mol. The van der Waals surface area contributed by atoms with Gasteiger partial charge in [-0.1, -0.05) is 297 Å². The summed E-state index contributed by atoms with van der Waals surface area (Å²) >= 11 is 0. The molecule has 26 aromatic carbocycles. The molecule has 0 saturated carbocycles. The Morgan fingerprint density at radius 1 is 0.114 bits per heavy atom. The first-order chi connectivity index (χ1) is 73.9. The Morgan fingerprint density at radius 2 is 0.376 bits per heavy atom. The Hall–Kier alpha value is -20.0. The highest BCUT2D eigenvalue weighted by Gasteiger charge is 2.32. The molecule has 0 saturated heterocycles. The molecule has 684 valence electrons. The van der Waals surface area contributed by atoms with Crippen molar-refractivity contribution < 1.29 is 8.83 Å². The van der Waals surface area contributed by atoms with Gasteiger partial charge in [0.2, 0.25) is 0 Å². The molecule has 0 aliphatic carbocycles. The zero-order chi connectivity index (χ0) is 96.3. The van der Waals surface area contributed by atoms with Gasteiger partial charge in [0, 0.05) is 164 Å². The van der Waals surface area contributed by atoms with E-state index < -0.39 is 0 Å². The maximum absolute atomic E-state index is 6.38. The smallest absolute Gasteiger partial charge is 0.137 e. The largest absolute Gasteiger partial charge is 0.456 e. The second kappa shape index (κ2) is 28.5. The molecule has 0 bridgehead atoms. The van der Waals surface area contributed by atoms with Crippen molar-refractivity contribution in [3.63, 3.8) is 0 Å². The van der Waals surface area contributed by atoms with E-state index >= 15 is 0 Å². The van der Waals surface area contributed by atoms with E-state index in [2.05, 4.69) is 486 Å². The first-order valence-electron chi connectivity index (χ1n) is 51.5. The Balaban J connectivity index is 0.0000000931. The number of hydrogen-bond donors (Lipinski definition) is 0. The van der Waals surface area contributed by atoms with Crippen molar-refractivity contribution in [1.82, 2.24) is 31.5 Å². The second-order valence-corrected chi connectivity index (χ2v) is 41.1. The van der Waals surface area contributed by atoms with Crippen molar-refractivity contribution in [3.05, 3.63) is 467 Å². The molecule has 0 atom stereocenters. The van der Waals surface area contributed by atoms with Crippen molar-refractivity contribution >= 4 is 321 Å². The lowest BCUT2D eigenvalue weighted by atomic mass is 9.89. The molecule has 149 heavy (non-hydrogen) atoms. The van der Waals surface area contributed by atoms with E-state index in [0.29, 0.717) is 0 Å². The van der Waals surface area contributed by atoms with Crippen LogP contribution in [0.3, 0.4) is 0 Å². The lowest BCUT2D eigenvalue weighted by molar-refractivity contribution is 0.669. The third kappa shape index (κ3) is 10.2. The fraction of sp³-hybridized carbons (Fsp3) is 0. The minimum atomic E-state index is 0.910. The number of para-hydroxylation sites is 10. The van der Waals surface area contributed by atoms with Crippen molar-refractivity contribution in [2.75, 3.05) is 0 Å². The van der Waals surface area contributed by atoms with Crippen molar-refractivity contribution in [1.29, 1.82) is 0 Å². The van der Waals surface area contributed by atoms with Crippen LogP contribution in [0.15, 0.2) is 476 Å². The third-order valence-corrected chi connectivity index (χ3v) is 33.8. The van der Waals surface area contributed by atoms with Crippen LogP contribution in [0.5, 0.6) is 0 Å². The quantitative estimate of drug-likeness (QED) is 0.165. The van der Waals surface area contributed by atoms with Gasteiger partial charge in [0.05, 0.1) is 93.8 Å². The van der Waals surface area contributed by atoms with E-state index in [1.54, 1.807) is 0 Å². The van der Waals surface area contributed by atoms with Gasteiger partial charge in [0.1, 0.15) is 22.3 Å². The standard InChI is InChI=1S/C52H29N3.C50H29N3.C38H19NO2/c1-3-14-32(15-4-1)53-42-20-9-7-18-34(42)38-26-40-46(28-44(38)53)55-47-29-45-39(35-19-8-10-21-43(35)54(45)33-16-5-2-6-17-33)27-41(47)51-37-25-23-31-13-11-12-30-22-24-36(49(37)48(30)31)50(40)52(51)55;1-3-14-31(15-4-1)51-43-21-11-9-19-34(43)38-26-40-41-25-37-33-18-8-7-13-30(33)23-24-36(37)49-42-27-39-35-20-10-12-22-44(35)52(32-16-5-2-6-17-32)46(39)29-48(42)53(50(41)49)47(40)28-45(38)51;1-2-8-21-20(7-1)13-14-24-25(21)15-29-26-16-27-22-9-3-5-11-33(22)40-35(27)18-31(26)39-32-19-36-28(17-30(32)37(24)38(29)39)23-10-4-6-12-34(23)41-36/h1-29H;1-29H;1-19H. The number of benzene rings is 26. The Labute approximate surface area is 844 Å². The maximum Gasteiger partial charge on any atom is 0.137 e. The van der Waals surface area contributed by atoms with E-state index in [0.717, 1.165) is 54.9 Å². The van der Waals surface area contributed by atoms with Gasteiger partial charge in [-0.15, -0.1) is 0 Å². The molecule has 9 heteroatoms. The molecule has 0 unspecified atom stereocenters. The SMILES string of the molecule is c1ccc(-n2c3ccccc3c3cc4c5c6ccc7cccc8ccc(c6c78)c6c7cc8c9ccccc9n(-c9ccccc9)c8cc7n(c4cc32)c56)cc1.c1ccc(-n2c3ccccc3c3cc4c5cc6c7ccccc7ccc6c6c7cc8c9ccccc9n(-c9ccccc9)c8cc7n(c4cc32)c56)cc1.c1ccc2c(c1)ccc1c2cc2c3cc4c(cc3n3c5cc6oc7ccccc7c6cc5c1c23)oc1ccccc14. The zero-order valence-electron chi connectivity index (χ0n) is 79.9. The predicted octanol–water partition coefficient (Wildman–Crippen LogP) is 38.2. The van der Waals surface area contributed by atoms with E-state index in [4.69, 9.17) is 8.83 Å². The average molecular weight is 1890 g/mol. The van der Waals surface area contributed by atoms with Crippen molar-refractivity contribution in [3.8, 4) is 22.7 Å². The topological polar surface area (TPSA) is 59.2 Å². The van der Waals surface area contributed by atoms with Crippen LogP contribution < -0.4 is 0 Å². The summed E-state index contributed by atoms with van der Waals surface area (Å²) in [5.41, 5.74) is 29.2. The van der Waals surface area contributed by atoms with Crippen LogP contribution in [0, 0.1) is 0 Å². The number of nitrogens with zero attached hydrogens (tertiary/aromatic N) is 7. The monoisotopic (exact) mass is 1890 g/mol. The summed E-state index contributed by atoms with van der Waals surface area (Å²) in [6.45, 7) is 0. The van der Waals surface area contributed by atoms with E-state index in [1.807, 2.05) is 12.1 Å². The Bertz CT molecular complexity index is 12500. The van der Waals surface area contributed by atoms with Crippen LogP contribution in [0.1, 0.15) is 0 Å². The Kier molecular flexibility index (Phi) is 15.0. The number of hydrogen-bond acceptors (Lipinski definition) is 2. The predicted molar refractivity (Wildman–Crippen MR) is 629 cm³/mol. The number of rotatable bonds is 4. The van der Waals surface area contributed by atoms with Gasteiger partial charge in [-0.3, -0.25) is 0 Å². The fourth-order valence-electron chi connectivity index (χ4n) is 27.8. The minimum absolute atomic E-state index is 0.910. The second-order valence-electron chi connectivity index (χ2n) is 41.1. The van der Waals surface area contributed by atoms with Gasteiger partial charge in [-0.2, -0.15) is 0 Å². The molecule has 0 amide bonds. The van der Waals surface area contributed by atoms with Gasteiger partial charge < -0.3 is 40.3 Å². The van der Waals surface area contributed by atoms with E-state index in [-0.39, 0.29) is 0 Å². The van der Waals surface area contributed by atoms with E-state index in [9.17, 15) is 0 Å². The molecule has 9 nitrogen and oxygen atoms in total. The summed E-state index contributed by atoms with van der Waals surface area (Å²) in [6, 6.07) is 172. The zero-order valence-corrected chi connectivity index (χ0v) is 79.9. The molecular formula is C140H77N7O2. The highest BCUT2D eigenvalue weighted by Crippen LogP contribution is 2.56. The number of fused-ring (bicyclic) bond motifs is 46. The van der Waals surface area contributed by atoms with Crippen molar-refractivity contribution in [2.45, 2.75) is 0 Å². The average Bonchev–Trinajstić information content (AvgIpc) is 1.50. The normalized spacial score (nSPS) is 12.7. The van der Waals surface area contributed by atoms with Crippen LogP contribution >= 0.6 is 0 Å². The van der Waals surface area contributed by atoms with E-state index in [1.165, 1.54) is 289 Å². The lowest BCUT2D eigenvalue weighted by Gasteiger charge is -2.13. The van der Waals surface area contributed by atoms with Crippen LogP contribution in [0.2, 0.25) is 0 Å². The summed E-state index contributed by atoms with van der Waals surface area (Å²) < 4.78 is 30.1. The van der Waals surface area contributed by atoms with Crippen LogP contribution in [-0.4, -0.2) is 31.5 Å². The van der Waals surface area contributed by atoms with Gasteiger partial charge in [0.15, 0.2) is 0 Å². The molecule has 0 aliphatic rings. The van der Waals surface area contributed by atoms with Gasteiger partial charge in [-0.25, -0.2) is 0 Å². The van der Waals surface area contributed by atoms with Gasteiger partial charge in [0.25, 0.3) is 0 Å². The third-order valence-electron chi connectivity index (χ3n) is 33.8. The van der Waals surface area contributed by atoms with Gasteiger partial charge >= 0.3 is 0 Å². The first kappa shape index (κ1) is 78.6. The van der Waals surface area contributed by atoms with Crippen LogP contribution in [0.25, 0.3) is 344 Å². The Morgan fingerprint density at radius 3 is 0.765 bits per heavy atom. The van der Waals surface area contributed by atoms with Gasteiger partial charge in [-0.05, 0) is 233 Å². The molecule has 0 N–H and O–H groups in total. The maximum atomic E-state index is 6.38. The molecule has 12 heterocycles. The molecule has 38 aromatic rings. The molecule has 0 fully saturated rings. The van der Waals surface area contributed by atoms with Crippen molar-refractivity contribution in [2.24, 2.45) is 0 Å². The summed E-state index contributed by atoms with van der Waals surface area (Å²) in [7, 11) is 0. The summed E-state index contributed by atoms with van der Waals surface area (Å²) in [4.78, 5) is 0.